The molecule has 1 aliphatic heterocycles. The van der Waals surface area contributed by atoms with E-state index in [4.69, 9.17) is 16.3 Å². The summed E-state index contributed by atoms with van der Waals surface area (Å²) in [5, 5.41) is 0.483. The number of ether oxygens (including phenoxy) is 1. The van der Waals surface area contributed by atoms with Gasteiger partial charge >= 0.3 is 0 Å². The molecule has 6 heteroatoms. The van der Waals surface area contributed by atoms with Crippen molar-refractivity contribution in [2.24, 2.45) is 0 Å². The van der Waals surface area contributed by atoms with Crippen molar-refractivity contribution in [3.63, 3.8) is 0 Å². The summed E-state index contributed by atoms with van der Waals surface area (Å²) in [6.07, 6.45) is 0.393. The lowest BCUT2D eigenvalue weighted by Crippen LogP contribution is -2.52. The standard InChI is InChI=1S/C20H21ClN2O3/c21-17-8-4-5-9-18(17)26-15-20(25)23-12-10-22(11-13-23)19(24)14-16-6-2-1-3-7-16/h1-9H,10-15H2. The number of piperazine rings is 1. The minimum atomic E-state index is -0.0971. The Morgan fingerprint density at radius 1 is 0.846 bits per heavy atom. The van der Waals surface area contributed by atoms with Gasteiger partial charge in [0.05, 0.1) is 11.4 Å². The van der Waals surface area contributed by atoms with Crippen molar-refractivity contribution in [2.45, 2.75) is 6.42 Å². The van der Waals surface area contributed by atoms with Gasteiger partial charge in [-0.25, -0.2) is 0 Å². The lowest BCUT2D eigenvalue weighted by Gasteiger charge is -2.34. The molecule has 0 atom stereocenters. The summed E-state index contributed by atoms with van der Waals surface area (Å²) in [4.78, 5) is 28.2. The Balaban J connectivity index is 1.45. The molecule has 3 rings (SSSR count). The van der Waals surface area contributed by atoms with Crippen molar-refractivity contribution in [1.29, 1.82) is 0 Å². The van der Waals surface area contributed by atoms with Crippen LogP contribution in [0.15, 0.2) is 54.6 Å². The first kappa shape index (κ1) is 18.3. The monoisotopic (exact) mass is 372 g/mol. The largest absolute Gasteiger partial charge is 0.482 e. The maximum Gasteiger partial charge on any atom is 0.260 e. The van der Waals surface area contributed by atoms with Crippen LogP contribution in [-0.4, -0.2) is 54.4 Å². The predicted molar refractivity (Wildman–Crippen MR) is 100 cm³/mol. The molecule has 2 amide bonds. The van der Waals surface area contributed by atoms with Crippen LogP contribution in [0.25, 0.3) is 0 Å². The van der Waals surface area contributed by atoms with E-state index in [0.717, 1.165) is 5.56 Å². The Hall–Kier alpha value is -2.53. The lowest BCUT2D eigenvalue weighted by molar-refractivity contribution is -0.140. The van der Waals surface area contributed by atoms with E-state index in [1.165, 1.54) is 0 Å². The fraction of sp³-hybridized carbons (Fsp3) is 0.300. The second kappa shape index (κ2) is 8.72. The Kier molecular flexibility index (Phi) is 6.12. The van der Waals surface area contributed by atoms with Crippen molar-refractivity contribution in [1.82, 2.24) is 9.80 Å². The molecule has 1 fully saturated rings. The molecular formula is C20H21ClN2O3. The molecule has 0 bridgehead atoms. The lowest BCUT2D eigenvalue weighted by atomic mass is 10.1. The number of benzene rings is 2. The Labute approximate surface area is 158 Å². The molecule has 1 heterocycles. The molecular weight excluding hydrogens is 352 g/mol. The number of rotatable bonds is 5. The highest BCUT2D eigenvalue weighted by molar-refractivity contribution is 6.32. The average molecular weight is 373 g/mol. The van der Waals surface area contributed by atoms with Crippen LogP contribution in [0.2, 0.25) is 5.02 Å². The molecule has 136 valence electrons. The molecule has 26 heavy (non-hydrogen) atoms. The molecule has 0 unspecified atom stereocenters. The highest BCUT2D eigenvalue weighted by Crippen LogP contribution is 2.23. The van der Waals surface area contributed by atoms with E-state index < -0.39 is 0 Å². The van der Waals surface area contributed by atoms with Crippen molar-refractivity contribution < 1.29 is 14.3 Å². The normalized spacial score (nSPS) is 14.2. The first-order valence-corrected chi connectivity index (χ1v) is 8.98. The summed E-state index contributed by atoms with van der Waals surface area (Å²) in [5.74, 6) is 0.495. The van der Waals surface area contributed by atoms with E-state index in [9.17, 15) is 9.59 Å². The van der Waals surface area contributed by atoms with Gasteiger partial charge in [-0.2, -0.15) is 0 Å². The zero-order valence-corrected chi connectivity index (χ0v) is 15.2. The smallest absolute Gasteiger partial charge is 0.260 e. The number of nitrogens with zero attached hydrogens (tertiary/aromatic N) is 2. The van der Waals surface area contributed by atoms with Gasteiger partial charge in [0.25, 0.3) is 5.91 Å². The zero-order chi connectivity index (χ0) is 18.4. The van der Waals surface area contributed by atoms with E-state index in [1.54, 1.807) is 17.0 Å². The van der Waals surface area contributed by atoms with Crippen molar-refractivity contribution in [3.05, 3.63) is 65.2 Å². The van der Waals surface area contributed by atoms with Gasteiger partial charge in [0, 0.05) is 26.2 Å². The van der Waals surface area contributed by atoms with Crippen LogP contribution in [-0.2, 0) is 16.0 Å². The number of hydrogen-bond acceptors (Lipinski definition) is 3. The van der Waals surface area contributed by atoms with Gasteiger partial charge in [-0.05, 0) is 17.7 Å². The fourth-order valence-electron chi connectivity index (χ4n) is 2.88. The molecule has 0 aliphatic carbocycles. The van der Waals surface area contributed by atoms with E-state index in [2.05, 4.69) is 0 Å². The number of halogens is 1. The van der Waals surface area contributed by atoms with Crippen molar-refractivity contribution in [3.8, 4) is 5.75 Å². The molecule has 1 aliphatic rings. The zero-order valence-electron chi connectivity index (χ0n) is 14.4. The summed E-state index contributed by atoms with van der Waals surface area (Å²) < 4.78 is 5.50. The number of amides is 2. The predicted octanol–water partition coefficient (Wildman–Crippen LogP) is 2.63. The second-order valence-corrected chi connectivity index (χ2v) is 6.55. The third kappa shape index (κ3) is 4.76. The third-order valence-electron chi connectivity index (χ3n) is 4.37. The summed E-state index contributed by atoms with van der Waals surface area (Å²) in [6.45, 7) is 2.07. The average Bonchev–Trinajstić information content (AvgIpc) is 2.68. The van der Waals surface area contributed by atoms with Gasteiger partial charge in [-0.1, -0.05) is 54.1 Å². The van der Waals surface area contributed by atoms with Crippen LogP contribution in [0.5, 0.6) is 5.75 Å². The van der Waals surface area contributed by atoms with Crippen LogP contribution >= 0.6 is 11.6 Å². The molecule has 2 aromatic carbocycles. The van der Waals surface area contributed by atoms with E-state index in [-0.39, 0.29) is 18.4 Å². The topological polar surface area (TPSA) is 49.9 Å². The minimum Gasteiger partial charge on any atom is -0.482 e. The molecule has 0 aromatic heterocycles. The quantitative estimate of drug-likeness (QED) is 0.810. The van der Waals surface area contributed by atoms with Crippen molar-refractivity contribution in [2.75, 3.05) is 32.8 Å². The van der Waals surface area contributed by atoms with E-state index in [1.807, 2.05) is 47.4 Å². The summed E-state index contributed by atoms with van der Waals surface area (Å²) in [5.41, 5.74) is 1.00. The molecule has 0 radical (unpaired) electrons. The number of para-hydroxylation sites is 1. The maximum absolute atomic E-state index is 12.4. The minimum absolute atomic E-state index is 0.0539. The molecule has 2 aromatic rings. The molecule has 0 N–H and O–H groups in total. The fourth-order valence-corrected chi connectivity index (χ4v) is 3.07. The molecule has 0 spiro atoms. The van der Waals surface area contributed by atoms with Gasteiger partial charge in [-0.15, -0.1) is 0 Å². The van der Waals surface area contributed by atoms with Gasteiger partial charge in [0.2, 0.25) is 5.91 Å². The van der Waals surface area contributed by atoms with Crippen molar-refractivity contribution >= 4 is 23.4 Å². The highest BCUT2D eigenvalue weighted by atomic mass is 35.5. The molecule has 1 saturated heterocycles. The van der Waals surface area contributed by atoms with Crippen LogP contribution in [0.4, 0.5) is 0 Å². The Morgan fingerprint density at radius 2 is 1.42 bits per heavy atom. The summed E-state index contributed by atoms with van der Waals surface area (Å²) in [7, 11) is 0. The summed E-state index contributed by atoms with van der Waals surface area (Å²) in [6, 6.07) is 16.8. The Morgan fingerprint density at radius 3 is 2.08 bits per heavy atom. The highest BCUT2D eigenvalue weighted by Gasteiger charge is 2.24. The number of hydrogen-bond donors (Lipinski definition) is 0. The van der Waals surface area contributed by atoms with Crippen LogP contribution in [0, 0.1) is 0 Å². The van der Waals surface area contributed by atoms with Crippen LogP contribution < -0.4 is 4.74 Å². The SMILES string of the molecule is O=C(COc1ccccc1Cl)N1CCN(C(=O)Cc2ccccc2)CC1. The van der Waals surface area contributed by atoms with E-state index in [0.29, 0.717) is 43.4 Å². The van der Waals surface area contributed by atoms with Gasteiger partial charge < -0.3 is 14.5 Å². The van der Waals surface area contributed by atoms with Gasteiger partial charge in [-0.3, -0.25) is 9.59 Å². The first-order chi connectivity index (χ1) is 12.6. The van der Waals surface area contributed by atoms with E-state index >= 15 is 0 Å². The van der Waals surface area contributed by atoms with Gasteiger partial charge in [0.1, 0.15) is 5.75 Å². The third-order valence-corrected chi connectivity index (χ3v) is 4.68. The number of carbonyl (C=O) groups excluding carboxylic acids is 2. The second-order valence-electron chi connectivity index (χ2n) is 6.14. The van der Waals surface area contributed by atoms with Crippen LogP contribution in [0.1, 0.15) is 5.56 Å². The maximum atomic E-state index is 12.4. The summed E-state index contributed by atoms with van der Waals surface area (Å²) >= 11 is 6.02. The molecule has 0 saturated carbocycles. The molecule has 5 nitrogen and oxygen atoms in total. The Bertz CT molecular complexity index is 759. The van der Waals surface area contributed by atoms with Gasteiger partial charge in [0.15, 0.2) is 6.61 Å². The number of carbonyl (C=O) groups is 2. The first-order valence-electron chi connectivity index (χ1n) is 8.60. The van der Waals surface area contributed by atoms with Crippen LogP contribution in [0.3, 0.4) is 0 Å².